The lowest BCUT2D eigenvalue weighted by Crippen LogP contribution is -2.50. The van der Waals surface area contributed by atoms with Crippen LogP contribution in [-0.4, -0.2) is 48.4 Å². The van der Waals surface area contributed by atoms with Gasteiger partial charge in [0, 0.05) is 18.7 Å². The third-order valence-corrected chi connectivity index (χ3v) is 5.46. The summed E-state index contributed by atoms with van der Waals surface area (Å²) in [6.45, 7) is 12.6. The van der Waals surface area contributed by atoms with Crippen LogP contribution in [0.4, 0.5) is 0 Å². The maximum absolute atomic E-state index is 11.8. The van der Waals surface area contributed by atoms with E-state index in [4.69, 9.17) is 4.74 Å². The third kappa shape index (κ3) is 6.67. The van der Waals surface area contributed by atoms with Gasteiger partial charge in [0.05, 0.1) is 30.7 Å². The number of ether oxygens (including phenoxy) is 1. The molecule has 2 unspecified atom stereocenters. The second-order valence-corrected chi connectivity index (χ2v) is 9.96. The fraction of sp³-hybridized carbons (Fsp3) is 0.882. The van der Waals surface area contributed by atoms with E-state index in [1.807, 2.05) is 27.1 Å². The van der Waals surface area contributed by atoms with E-state index in [0.29, 0.717) is 6.61 Å². The Kier molecular flexibility index (Phi) is 7.18. The number of aromatic nitrogens is 3. The van der Waals surface area contributed by atoms with E-state index < -0.39 is 10.0 Å². The fourth-order valence-corrected chi connectivity index (χ4v) is 4.02. The van der Waals surface area contributed by atoms with Crippen LogP contribution in [0.5, 0.6) is 0 Å². The molecule has 1 aromatic rings. The normalized spacial score (nSPS) is 16.8. The molecule has 0 saturated carbocycles. The molecule has 0 radical (unpaired) electrons. The second kappa shape index (κ2) is 8.14. The SMILES string of the molecule is CCC(C)(CC(C)(C)C(COC(C)C)NS(C)(=O)=O)c1cn(C)nn1. The highest BCUT2D eigenvalue weighted by atomic mass is 32.2. The number of nitrogens with one attached hydrogen (secondary N) is 1. The van der Waals surface area contributed by atoms with Crippen molar-refractivity contribution in [3.05, 3.63) is 11.9 Å². The molecular weight excluding hydrogens is 340 g/mol. The molecule has 0 aliphatic rings. The van der Waals surface area contributed by atoms with E-state index >= 15 is 0 Å². The molecule has 7 nitrogen and oxygen atoms in total. The lowest BCUT2D eigenvalue weighted by Gasteiger charge is -2.41. The van der Waals surface area contributed by atoms with Crippen molar-refractivity contribution < 1.29 is 13.2 Å². The Labute approximate surface area is 152 Å². The van der Waals surface area contributed by atoms with Gasteiger partial charge in [0.25, 0.3) is 0 Å². The van der Waals surface area contributed by atoms with Gasteiger partial charge < -0.3 is 4.74 Å². The van der Waals surface area contributed by atoms with Crippen LogP contribution in [-0.2, 0) is 27.2 Å². The summed E-state index contributed by atoms with van der Waals surface area (Å²) in [5.41, 5.74) is 0.390. The number of nitrogens with zero attached hydrogens (tertiary/aromatic N) is 3. The van der Waals surface area contributed by atoms with Gasteiger partial charge in [-0.1, -0.05) is 32.9 Å². The van der Waals surface area contributed by atoms with Crippen LogP contribution in [0.25, 0.3) is 0 Å². The summed E-state index contributed by atoms with van der Waals surface area (Å²) in [5.74, 6) is 0. The van der Waals surface area contributed by atoms with Crippen molar-refractivity contribution in [2.75, 3.05) is 12.9 Å². The molecule has 1 N–H and O–H groups in total. The first kappa shape index (κ1) is 22.1. The first-order chi connectivity index (χ1) is 11.3. The Balaban J connectivity index is 3.09. The molecule has 1 heterocycles. The Bertz CT molecular complexity index is 655. The lowest BCUT2D eigenvalue weighted by molar-refractivity contribution is 0.0302. The van der Waals surface area contributed by atoms with Crippen LogP contribution in [0.15, 0.2) is 6.20 Å². The smallest absolute Gasteiger partial charge is 0.209 e. The Morgan fingerprint density at radius 1 is 1.32 bits per heavy atom. The maximum Gasteiger partial charge on any atom is 0.209 e. The zero-order chi connectivity index (χ0) is 19.5. The Hall–Kier alpha value is -0.990. The van der Waals surface area contributed by atoms with Crippen LogP contribution in [0.3, 0.4) is 0 Å². The molecule has 1 aromatic heterocycles. The summed E-state index contributed by atoms with van der Waals surface area (Å²) >= 11 is 0. The molecule has 0 aliphatic heterocycles. The van der Waals surface area contributed by atoms with E-state index in [1.54, 1.807) is 4.68 Å². The van der Waals surface area contributed by atoms with Crippen LogP contribution >= 0.6 is 0 Å². The van der Waals surface area contributed by atoms with Gasteiger partial charge in [0.2, 0.25) is 10.0 Å². The molecule has 0 spiro atoms. The van der Waals surface area contributed by atoms with Gasteiger partial charge in [-0.15, -0.1) is 5.10 Å². The van der Waals surface area contributed by atoms with Crippen molar-refractivity contribution in [1.29, 1.82) is 0 Å². The quantitative estimate of drug-likeness (QED) is 0.679. The largest absolute Gasteiger partial charge is 0.377 e. The predicted octanol–water partition coefficient (Wildman–Crippen LogP) is 2.24. The van der Waals surface area contributed by atoms with E-state index in [2.05, 4.69) is 42.7 Å². The summed E-state index contributed by atoms with van der Waals surface area (Å²) in [4.78, 5) is 0. The van der Waals surface area contributed by atoms with Gasteiger partial charge in [-0.3, -0.25) is 4.68 Å². The minimum Gasteiger partial charge on any atom is -0.377 e. The average Bonchev–Trinajstić information content (AvgIpc) is 2.88. The number of aryl methyl sites for hydroxylation is 1. The number of rotatable bonds is 10. The summed E-state index contributed by atoms with van der Waals surface area (Å²) in [6, 6.07) is -0.326. The molecule has 1 rings (SSSR count). The molecular formula is C17H34N4O3S. The standard InChI is InChI=1S/C17H34N4O3S/c1-9-17(6,14-10-21(7)20-18-14)12-16(4,5)15(11-24-13(2)3)19-25(8,22)23/h10,13,15,19H,9,11-12H2,1-8H3. The molecule has 0 fully saturated rings. The van der Waals surface area contributed by atoms with E-state index in [9.17, 15) is 8.42 Å². The molecule has 8 heteroatoms. The molecule has 0 amide bonds. The summed E-state index contributed by atoms with van der Waals surface area (Å²) in [7, 11) is -1.49. The summed E-state index contributed by atoms with van der Waals surface area (Å²) < 4.78 is 33.9. The molecule has 25 heavy (non-hydrogen) atoms. The zero-order valence-electron chi connectivity index (χ0n) is 16.8. The number of hydrogen-bond acceptors (Lipinski definition) is 5. The number of sulfonamides is 1. The Morgan fingerprint density at radius 3 is 2.32 bits per heavy atom. The molecule has 146 valence electrons. The topological polar surface area (TPSA) is 86.1 Å². The highest BCUT2D eigenvalue weighted by Crippen LogP contribution is 2.40. The van der Waals surface area contributed by atoms with Crippen LogP contribution in [0.2, 0.25) is 0 Å². The zero-order valence-corrected chi connectivity index (χ0v) is 17.6. The first-order valence-corrected chi connectivity index (χ1v) is 10.6. The van der Waals surface area contributed by atoms with Crippen LogP contribution in [0.1, 0.15) is 60.1 Å². The molecule has 0 aromatic carbocycles. The summed E-state index contributed by atoms with van der Waals surface area (Å²) in [5, 5.41) is 8.35. The Morgan fingerprint density at radius 2 is 1.92 bits per heavy atom. The van der Waals surface area contributed by atoms with Crippen molar-refractivity contribution in [3.8, 4) is 0 Å². The minimum absolute atomic E-state index is 0.0391. The van der Waals surface area contributed by atoms with Gasteiger partial charge >= 0.3 is 0 Å². The molecule has 2 atom stereocenters. The average molecular weight is 375 g/mol. The first-order valence-electron chi connectivity index (χ1n) is 8.75. The van der Waals surface area contributed by atoms with E-state index in [1.165, 1.54) is 6.26 Å². The molecule has 0 bridgehead atoms. The predicted molar refractivity (Wildman–Crippen MR) is 99.9 cm³/mol. The van der Waals surface area contributed by atoms with E-state index in [0.717, 1.165) is 18.5 Å². The van der Waals surface area contributed by atoms with Crippen molar-refractivity contribution >= 4 is 10.0 Å². The van der Waals surface area contributed by atoms with Crippen molar-refractivity contribution in [3.63, 3.8) is 0 Å². The third-order valence-electron chi connectivity index (χ3n) is 4.74. The fourth-order valence-electron chi connectivity index (χ4n) is 3.12. The van der Waals surface area contributed by atoms with Gasteiger partial charge in [0.15, 0.2) is 0 Å². The van der Waals surface area contributed by atoms with Crippen molar-refractivity contribution in [2.45, 2.75) is 71.9 Å². The summed E-state index contributed by atoms with van der Waals surface area (Å²) in [6.07, 6.45) is 4.79. The highest BCUT2D eigenvalue weighted by Gasteiger charge is 2.40. The van der Waals surface area contributed by atoms with Gasteiger partial charge in [-0.25, -0.2) is 13.1 Å². The van der Waals surface area contributed by atoms with Gasteiger partial charge in [0.1, 0.15) is 0 Å². The molecule has 0 aliphatic carbocycles. The van der Waals surface area contributed by atoms with Crippen LogP contribution < -0.4 is 4.72 Å². The maximum atomic E-state index is 11.8. The van der Waals surface area contributed by atoms with Crippen molar-refractivity contribution in [2.24, 2.45) is 12.5 Å². The number of hydrogen-bond donors (Lipinski definition) is 1. The highest BCUT2D eigenvalue weighted by molar-refractivity contribution is 7.88. The second-order valence-electron chi connectivity index (χ2n) is 8.18. The van der Waals surface area contributed by atoms with Crippen LogP contribution in [0, 0.1) is 5.41 Å². The monoisotopic (exact) mass is 374 g/mol. The minimum atomic E-state index is -3.34. The van der Waals surface area contributed by atoms with Gasteiger partial charge in [-0.05, 0) is 32.1 Å². The van der Waals surface area contributed by atoms with E-state index in [-0.39, 0.29) is 23.0 Å². The van der Waals surface area contributed by atoms with Crippen molar-refractivity contribution in [1.82, 2.24) is 19.7 Å². The lowest BCUT2D eigenvalue weighted by atomic mass is 9.68. The van der Waals surface area contributed by atoms with Gasteiger partial charge in [-0.2, -0.15) is 0 Å². The molecule has 0 saturated heterocycles.